The Bertz CT molecular complexity index is 1160. The number of anilines is 1. The Labute approximate surface area is 183 Å². The van der Waals surface area contributed by atoms with Crippen molar-refractivity contribution in [3.8, 4) is 16.9 Å². The Morgan fingerprint density at radius 2 is 1.87 bits per heavy atom. The first-order valence-corrected chi connectivity index (χ1v) is 11.5. The van der Waals surface area contributed by atoms with Gasteiger partial charge in [0.2, 0.25) is 5.91 Å². The number of carbonyl (C=O) groups is 1. The molecule has 0 aliphatic carbocycles. The Morgan fingerprint density at radius 1 is 1.10 bits per heavy atom. The van der Waals surface area contributed by atoms with Gasteiger partial charge in [0, 0.05) is 16.6 Å². The van der Waals surface area contributed by atoms with Gasteiger partial charge in [0.15, 0.2) is 0 Å². The smallest absolute Gasteiger partial charge is 0.234 e. The zero-order valence-electron chi connectivity index (χ0n) is 16.7. The molecule has 0 spiro atoms. The van der Waals surface area contributed by atoms with Crippen LogP contribution < -0.4 is 10.1 Å². The number of fused-ring (bicyclic) bond motifs is 1. The van der Waals surface area contributed by atoms with Gasteiger partial charge in [0.05, 0.1) is 17.7 Å². The number of benzene rings is 2. The molecule has 0 saturated heterocycles. The molecule has 0 atom stereocenters. The lowest BCUT2D eigenvalue weighted by molar-refractivity contribution is -0.113. The third-order valence-corrected chi connectivity index (χ3v) is 6.36. The second kappa shape index (κ2) is 9.28. The molecule has 0 saturated carbocycles. The molecular weight excluding hydrogens is 414 g/mol. The van der Waals surface area contributed by atoms with E-state index in [4.69, 9.17) is 4.74 Å². The fourth-order valence-electron chi connectivity index (χ4n) is 3.03. The number of carbonyl (C=O) groups excluding carboxylic acids is 1. The molecular formula is C23H21N3O2S2. The summed E-state index contributed by atoms with van der Waals surface area (Å²) in [5, 5.41) is 6.85. The molecule has 1 amide bonds. The summed E-state index contributed by atoms with van der Waals surface area (Å²) in [6, 6.07) is 15.8. The van der Waals surface area contributed by atoms with Crippen LogP contribution in [0.1, 0.15) is 12.5 Å². The first-order valence-electron chi connectivity index (χ1n) is 9.59. The highest BCUT2D eigenvalue weighted by molar-refractivity contribution is 8.00. The zero-order valence-corrected chi connectivity index (χ0v) is 18.3. The fourth-order valence-corrected chi connectivity index (χ4v) is 4.83. The maximum atomic E-state index is 12.5. The van der Waals surface area contributed by atoms with E-state index in [-0.39, 0.29) is 11.7 Å². The molecule has 1 N–H and O–H groups in total. The van der Waals surface area contributed by atoms with Gasteiger partial charge in [-0.1, -0.05) is 41.6 Å². The summed E-state index contributed by atoms with van der Waals surface area (Å²) in [5.74, 6) is 0.972. The zero-order chi connectivity index (χ0) is 20.9. The third kappa shape index (κ3) is 4.63. The van der Waals surface area contributed by atoms with Crippen molar-refractivity contribution >= 4 is 44.9 Å². The van der Waals surface area contributed by atoms with E-state index in [1.165, 1.54) is 17.3 Å². The lowest BCUT2D eigenvalue weighted by Gasteiger charge is -2.08. The van der Waals surface area contributed by atoms with E-state index in [2.05, 4.69) is 51.9 Å². The highest BCUT2D eigenvalue weighted by Crippen LogP contribution is 2.37. The van der Waals surface area contributed by atoms with E-state index in [0.717, 1.165) is 37.8 Å². The first-order chi connectivity index (χ1) is 14.6. The maximum Gasteiger partial charge on any atom is 0.234 e. The normalized spacial score (nSPS) is 10.9. The minimum atomic E-state index is -0.0805. The van der Waals surface area contributed by atoms with Gasteiger partial charge in [-0.3, -0.25) is 4.79 Å². The number of amides is 1. The van der Waals surface area contributed by atoms with Crippen molar-refractivity contribution in [2.45, 2.75) is 18.9 Å². The summed E-state index contributed by atoms with van der Waals surface area (Å²) >= 11 is 3.02. The number of aryl methyl sites for hydroxylation is 1. The van der Waals surface area contributed by atoms with Crippen LogP contribution in [0, 0.1) is 6.92 Å². The molecule has 4 rings (SSSR count). The topological polar surface area (TPSA) is 64.1 Å². The van der Waals surface area contributed by atoms with Crippen LogP contribution in [0.2, 0.25) is 0 Å². The van der Waals surface area contributed by atoms with Crippen molar-refractivity contribution in [2.24, 2.45) is 0 Å². The molecule has 0 aliphatic heterocycles. The number of hydrogen-bond donors (Lipinski definition) is 1. The molecule has 0 bridgehead atoms. The maximum absolute atomic E-state index is 12.5. The van der Waals surface area contributed by atoms with Crippen molar-refractivity contribution in [1.82, 2.24) is 9.97 Å². The minimum Gasteiger partial charge on any atom is -0.494 e. The largest absolute Gasteiger partial charge is 0.494 e. The number of rotatable bonds is 7. The molecule has 30 heavy (non-hydrogen) atoms. The van der Waals surface area contributed by atoms with Crippen LogP contribution >= 0.6 is 23.1 Å². The summed E-state index contributed by atoms with van der Waals surface area (Å²) in [6.07, 6.45) is 1.56. The molecule has 2 heterocycles. The van der Waals surface area contributed by atoms with Crippen LogP contribution in [0.15, 0.2) is 65.3 Å². The average molecular weight is 436 g/mol. The highest BCUT2D eigenvalue weighted by atomic mass is 32.2. The van der Waals surface area contributed by atoms with E-state index < -0.39 is 0 Å². The lowest BCUT2D eigenvalue weighted by atomic mass is 10.1. The van der Waals surface area contributed by atoms with Gasteiger partial charge in [-0.2, -0.15) is 0 Å². The second-order valence-electron chi connectivity index (χ2n) is 6.67. The second-order valence-corrected chi connectivity index (χ2v) is 8.49. The summed E-state index contributed by atoms with van der Waals surface area (Å²) in [5.41, 5.74) is 4.19. The van der Waals surface area contributed by atoms with Crippen molar-refractivity contribution in [1.29, 1.82) is 0 Å². The van der Waals surface area contributed by atoms with E-state index in [1.54, 1.807) is 17.7 Å². The van der Waals surface area contributed by atoms with E-state index in [9.17, 15) is 4.79 Å². The standard InChI is InChI=1S/C23H21N3O2S2/c1-3-28-18-10-8-17(9-11-18)26-20(27)13-30-23-21-19(12-29-22(21)24-14-25-23)16-6-4-15(2)5-7-16/h4-12,14H,3,13H2,1-2H3,(H,26,27). The van der Waals surface area contributed by atoms with Crippen molar-refractivity contribution in [3.05, 3.63) is 65.8 Å². The quantitative estimate of drug-likeness (QED) is 0.294. The fraction of sp³-hybridized carbons (Fsp3) is 0.174. The Kier molecular flexibility index (Phi) is 6.30. The van der Waals surface area contributed by atoms with Crippen molar-refractivity contribution in [3.63, 3.8) is 0 Å². The van der Waals surface area contributed by atoms with Crippen LogP contribution in [0.4, 0.5) is 5.69 Å². The van der Waals surface area contributed by atoms with Gasteiger partial charge < -0.3 is 10.1 Å². The number of nitrogens with one attached hydrogen (secondary N) is 1. The number of nitrogens with zero attached hydrogens (tertiary/aromatic N) is 2. The molecule has 0 radical (unpaired) electrons. The predicted octanol–water partition coefficient (Wildman–Crippen LogP) is 5.80. The number of ether oxygens (including phenoxy) is 1. The minimum absolute atomic E-state index is 0.0805. The van der Waals surface area contributed by atoms with Crippen LogP contribution in [-0.4, -0.2) is 28.2 Å². The van der Waals surface area contributed by atoms with Gasteiger partial charge >= 0.3 is 0 Å². The summed E-state index contributed by atoms with van der Waals surface area (Å²) in [7, 11) is 0. The first kappa shape index (κ1) is 20.4. The number of aromatic nitrogens is 2. The van der Waals surface area contributed by atoms with Gasteiger partial charge in [0.25, 0.3) is 0 Å². The van der Waals surface area contributed by atoms with E-state index in [0.29, 0.717) is 6.61 Å². The van der Waals surface area contributed by atoms with Gasteiger partial charge in [-0.05, 0) is 43.7 Å². The molecule has 0 fully saturated rings. The molecule has 0 unspecified atom stereocenters. The van der Waals surface area contributed by atoms with Gasteiger partial charge in [-0.15, -0.1) is 11.3 Å². The van der Waals surface area contributed by atoms with Gasteiger partial charge in [-0.25, -0.2) is 9.97 Å². The number of hydrogen-bond acceptors (Lipinski definition) is 6. The number of thiophene rings is 1. The SMILES string of the molecule is CCOc1ccc(NC(=O)CSc2ncnc3scc(-c4ccc(C)cc4)c23)cc1. The van der Waals surface area contributed by atoms with Crippen LogP contribution in [0.25, 0.3) is 21.3 Å². The van der Waals surface area contributed by atoms with E-state index in [1.807, 2.05) is 31.2 Å². The molecule has 2 aromatic heterocycles. The summed E-state index contributed by atoms with van der Waals surface area (Å²) in [4.78, 5) is 22.2. The molecule has 7 heteroatoms. The molecule has 4 aromatic rings. The third-order valence-electron chi connectivity index (χ3n) is 4.49. The Balaban J connectivity index is 1.49. The summed E-state index contributed by atoms with van der Waals surface area (Å²) in [6.45, 7) is 4.63. The molecule has 5 nitrogen and oxygen atoms in total. The number of thioether (sulfide) groups is 1. The van der Waals surface area contributed by atoms with Crippen molar-refractivity contribution in [2.75, 3.05) is 17.7 Å². The predicted molar refractivity (Wildman–Crippen MR) is 125 cm³/mol. The summed E-state index contributed by atoms with van der Waals surface area (Å²) < 4.78 is 5.43. The molecule has 2 aromatic carbocycles. The average Bonchev–Trinajstić information content (AvgIpc) is 3.19. The monoisotopic (exact) mass is 435 g/mol. The molecule has 0 aliphatic rings. The lowest BCUT2D eigenvalue weighted by Crippen LogP contribution is -2.14. The van der Waals surface area contributed by atoms with Crippen LogP contribution in [0.3, 0.4) is 0 Å². The van der Waals surface area contributed by atoms with Crippen molar-refractivity contribution < 1.29 is 9.53 Å². The van der Waals surface area contributed by atoms with E-state index >= 15 is 0 Å². The van der Waals surface area contributed by atoms with Crippen LogP contribution in [0.5, 0.6) is 5.75 Å². The Morgan fingerprint density at radius 3 is 2.60 bits per heavy atom. The van der Waals surface area contributed by atoms with Gasteiger partial charge in [0.1, 0.15) is 21.9 Å². The Hall–Kier alpha value is -2.90. The van der Waals surface area contributed by atoms with Crippen LogP contribution in [-0.2, 0) is 4.79 Å². The highest BCUT2D eigenvalue weighted by Gasteiger charge is 2.15. The molecule has 152 valence electrons.